The summed E-state index contributed by atoms with van der Waals surface area (Å²) < 4.78 is 58.4. The number of fused-ring (bicyclic) bond motifs is 1. The number of carbonyl (C=O) groups excluding carboxylic acids is 1. The molecule has 0 fully saturated rings. The summed E-state index contributed by atoms with van der Waals surface area (Å²) in [6, 6.07) is 8.40. The molecule has 1 aliphatic rings. The molecule has 2 aromatic carbocycles. The minimum atomic E-state index is -4.88. The molecule has 10 nitrogen and oxygen atoms in total. The number of anilines is 2. The van der Waals surface area contributed by atoms with Crippen LogP contribution >= 0.6 is 0 Å². The molecule has 1 N–H and O–H groups in total. The Morgan fingerprint density at radius 2 is 1.97 bits per heavy atom. The fraction of sp³-hybridized carbons (Fsp3) is 0.217. The van der Waals surface area contributed by atoms with Gasteiger partial charge in [0.15, 0.2) is 5.82 Å². The van der Waals surface area contributed by atoms with Crippen molar-refractivity contribution in [3.63, 3.8) is 0 Å². The van der Waals surface area contributed by atoms with Crippen molar-refractivity contribution in [2.24, 2.45) is 0 Å². The van der Waals surface area contributed by atoms with Gasteiger partial charge in [0.1, 0.15) is 24.4 Å². The summed E-state index contributed by atoms with van der Waals surface area (Å²) in [5.41, 5.74) is 0.386. The van der Waals surface area contributed by atoms with Gasteiger partial charge in [-0.2, -0.15) is 18.0 Å². The van der Waals surface area contributed by atoms with E-state index in [2.05, 4.69) is 30.7 Å². The van der Waals surface area contributed by atoms with Gasteiger partial charge in [-0.3, -0.25) is 4.90 Å². The van der Waals surface area contributed by atoms with E-state index in [1.54, 1.807) is 31.2 Å². The summed E-state index contributed by atoms with van der Waals surface area (Å²) in [6.07, 6.45) is -3.02. The first-order valence-electron chi connectivity index (χ1n) is 11.0. The summed E-state index contributed by atoms with van der Waals surface area (Å²) in [5, 5.41) is 14.2. The second-order valence-electron chi connectivity index (χ2n) is 8.13. The van der Waals surface area contributed by atoms with Gasteiger partial charge in [-0.05, 0) is 60.5 Å². The molecule has 5 rings (SSSR count). The van der Waals surface area contributed by atoms with Crippen molar-refractivity contribution in [3.05, 3.63) is 77.3 Å². The third-order valence-corrected chi connectivity index (χ3v) is 5.49. The molecule has 0 bridgehead atoms. The molecule has 0 saturated carbocycles. The van der Waals surface area contributed by atoms with Crippen LogP contribution in [0, 0.1) is 12.7 Å². The smallest absolute Gasteiger partial charge is 0.419 e. The van der Waals surface area contributed by atoms with Crippen LogP contribution in [0.15, 0.2) is 48.8 Å². The zero-order chi connectivity index (χ0) is 26.2. The van der Waals surface area contributed by atoms with Gasteiger partial charge in [0, 0.05) is 24.0 Å². The van der Waals surface area contributed by atoms with Crippen molar-refractivity contribution in [1.29, 1.82) is 0 Å². The van der Waals surface area contributed by atoms with Crippen LogP contribution in [0.3, 0.4) is 0 Å². The van der Waals surface area contributed by atoms with Crippen LogP contribution in [-0.2, 0) is 19.1 Å². The first-order valence-corrected chi connectivity index (χ1v) is 11.0. The lowest BCUT2D eigenvalue weighted by atomic mass is 10.1. The lowest BCUT2D eigenvalue weighted by molar-refractivity contribution is -0.139. The van der Waals surface area contributed by atoms with Gasteiger partial charge < -0.3 is 10.1 Å². The minimum absolute atomic E-state index is 0.164. The molecule has 37 heavy (non-hydrogen) atoms. The number of nitrogens with one attached hydrogen (secondary N) is 1. The van der Waals surface area contributed by atoms with Gasteiger partial charge in [0.2, 0.25) is 5.88 Å². The number of amides is 2. The molecule has 0 atom stereocenters. The highest BCUT2D eigenvalue weighted by Crippen LogP contribution is 2.35. The number of aromatic nitrogens is 6. The number of carbonyl (C=O) groups is 1. The van der Waals surface area contributed by atoms with Crippen LogP contribution in [0.25, 0.3) is 0 Å². The Kier molecular flexibility index (Phi) is 6.15. The van der Waals surface area contributed by atoms with E-state index < -0.39 is 23.6 Å². The van der Waals surface area contributed by atoms with E-state index in [-0.39, 0.29) is 12.2 Å². The van der Waals surface area contributed by atoms with Crippen LogP contribution in [0.4, 0.5) is 33.7 Å². The molecule has 190 valence electrons. The van der Waals surface area contributed by atoms with Gasteiger partial charge >= 0.3 is 12.2 Å². The van der Waals surface area contributed by atoms with Gasteiger partial charge in [0.05, 0.1) is 11.3 Å². The van der Waals surface area contributed by atoms with E-state index in [1.807, 2.05) is 0 Å². The number of aryl methyl sites for hydroxylation is 1. The summed E-state index contributed by atoms with van der Waals surface area (Å²) in [7, 11) is 0. The largest absolute Gasteiger partial charge is 0.439 e. The molecule has 0 radical (unpaired) electrons. The number of rotatable bonds is 5. The van der Waals surface area contributed by atoms with Crippen molar-refractivity contribution in [2.75, 3.05) is 16.8 Å². The van der Waals surface area contributed by atoms with Crippen molar-refractivity contribution >= 4 is 17.4 Å². The van der Waals surface area contributed by atoms with Crippen molar-refractivity contribution in [3.8, 4) is 11.6 Å². The molecular weight excluding hydrogens is 496 g/mol. The molecule has 0 spiro atoms. The number of hydrogen-bond donors (Lipinski definition) is 1. The average Bonchev–Trinajstić information content (AvgIpc) is 3.45. The monoisotopic (exact) mass is 514 g/mol. The number of halogens is 4. The Labute approximate surface area is 206 Å². The average molecular weight is 514 g/mol. The lowest BCUT2D eigenvalue weighted by Crippen LogP contribution is -2.33. The molecule has 4 aromatic rings. The molecular formula is C23H18F4N8O2. The number of urea groups is 1. The van der Waals surface area contributed by atoms with Crippen LogP contribution in [0.2, 0.25) is 0 Å². The molecule has 3 heterocycles. The Hall–Kier alpha value is -4.62. The second kappa shape index (κ2) is 9.44. The normalized spacial score (nSPS) is 12.9. The summed E-state index contributed by atoms with van der Waals surface area (Å²) in [4.78, 5) is 23.8. The SMILES string of the molecule is Cc1nnn(Cc2cc(Oc3ccc4c(c3)CCN4C(=O)Nc3ccc(F)c(C(F)(F)F)c3)ncn2)n1. The number of tetrazole rings is 1. The number of ether oxygens (including phenoxy) is 1. The molecule has 0 unspecified atom stereocenters. The summed E-state index contributed by atoms with van der Waals surface area (Å²) in [5.74, 6) is -0.0967. The quantitative estimate of drug-likeness (QED) is 0.394. The van der Waals surface area contributed by atoms with Crippen LogP contribution < -0.4 is 15.0 Å². The zero-order valence-electron chi connectivity index (χ0n) is 19.2. The second-order valence-corrected chi connectivity index (χ2v) is 8.13. The molecule has 14 heteroatoms. The third kappa shape index (κ3) is 5.32. The molecule has 0 saturated heterocycles. The van der Waals surface area contributed by atoms with Gasteiger partial charge in [-0.15, -0.1) is 10.2 Å². The van der Waals surface area contributed by atoms with Crippen molar-refractivity contribution < 1.29 is 27.1 Å². The maximum absolute atomic E-state index is 13.5. The number of alkyl halides is 3. The fourth-order valence-corrected chi connectivity index (χ4v) is 3.84. The standard InChI is InChI=1S/C23H18F4N8O2/c1-13-31-33-35(32-13)11-16-10-21(29-12-28-16)37-17-3-5-20-14(8-17)6-7-34(20)22(36)30-15-2-4-19(24)18(9-15)23(25,26)27/h2-5,8-10,12H,6-7,11H2,1H3,(H,30,36). The zero-order valence-corrected chi connectivity index (χ0v) is 19.2. The van der Waals surface area contributed by atoms with Crippen molar-refractivity contribution in [2.45, 2.75) is 26.1 Å². The predicted molar refractivity (Wildman–Crippen MR) is 122 cm³/mol. The Morgan fingerprint density at radius 1 is 1.14 bits per heavy atom. The highest BCUT2D eigenvalue weighted by Gasteiger charge is 2.34. The highest BCUT2D eigenvalue weighted by molar-refractivity contribution is 6.03. The molecule has 2 amide bonds. The number of hydrogen-bond acceptors (Lipinski definition) is 7. The maximum atomic E-state index is 13.5. The summed E-state index contributed by atoms with van der Waals surface area (Å²) in [6.45, 7) is 2.31. The van der Waals surface area contributed by atoms with Gasteiger partial charge in [0.25, 0.3) is 0 Å². The minimum Gasteiger partial charge on any atom is -0.439 e. The Bertz CT molecular complexity index is 1470. The molecule has 0 aliphatic carbocycles. The van der Waals surface area contributed by atoms with E-state index in [0.717, 1.165) is 11.6 Å². The molecule has 2 aromatic heterocycles. The van der Waals surface area contributed by atoms with E-state index in [9.17, 15) is 22.4 Å². The fourth-order valence-electron chi connectivity index (χ4n) is 3.84. The van der Waals surface area contributed by atoms with E-state index >= 15 is 0 Å². The maximum Gasteiger partial charge on any atom is 0.419 e. The number of nitrogens with zero attached hydrogens (tertiary/aromatic N) is 7. The van der Waals surface area contributed by atoms with Crippen LogP contribution in [-0.4, -0.2) is 42.8 Å². The predicted octanol–water partition coefficient (Wildman–Crippen LogP) is 4.36. The Morgan fingerprint density at radius 3 is 2.73 bits per heavy atom. The van der Waals surface area contributed by atoms with E-state index in [1.165, 1.54) is 16.0 Å². The van der Waals surface area contributed by atoms with E-state index in [4.69, 9.17) is 4.74 Å². The summed E-state index contributed by atoms with van der Waals surface area (Å²) >= 11 is 0. The van der Waals surface area contributed by atoms with Gasteiger partial charge in [-0.25, -0.2) is 19.2 Å². The molecule has 1 aliphatic heterocycles. The first-order chi connectivity index (χ1) is 17.7. The third-order valence-electron chi connectivity index (χ3n) is 5.49. The van der Waals surface area contributed by atoms with Gasteiger partial charge in [-0.1, -0.05) is 0 Å². The van der Waals surface area contributed by atoms with Crippen LogP contribution in [0.5, 0.6) is 11.6 Å². The first kappa shape index (κ1) is 24.1. The lowest BCUT2D eigenvalue weighted by Gasteiger charge is -2.19. The van der Waals surface area contributed by atoms with E-state index in [0.29, 0.717) is 53.9 Å². The Balaban J connectivity index is 1.27. The highest BCUT2D eigenvalue weighted by atomic mass is 19.4. The number of benzene rings is 2. The topological polar surface area (TPSA) is 111 Å². The van der Waals surface area contributed by atoms with Crippen LogP contribution in [0.1, 0.15) is 22.6 Å². The van der Waals surface area contributed by atoms with Crippen molar-refractivity contribution in [1.82, 2.24) is 30.2 Å².